The zero-order chi connectivity index (χ0) is 20.1. The fourth-order valence-electron chi connectivity index (χ4n) is 3.24. The minimum absolute atomic E-state index is 0.145. The molecule has 3 rings (SSSR count). The van der Waals surface area contributed by atoms with Gasteiger partial charge < -0.3 is 10.1 Å². The van der Waals surface area contributed by atoms with E-state index in [2.05, 4.69) is 5.32 Å². The number of benzene rings is 2. The Morgan fingerprint density at radius 3 is 2.43 bits per heavy atom. The van der Waals surface area contributed by atoms with Gasteiger partial charge in [0.15, 0.2) is 6.61 Å². The van der Waals surface area contributed by atoms with Gasteiger partial charge in [0.1, 0.15) is 5.75 Å². The number of sulfonamides is 1. The molecule has 1 fully saturated rings. The van der Waals surface area contributed by atoms with Gasteiger partial charge in [-0.15, -0.1) is 0 Å². The molecule has 0 bridgehead atoms. The second kappa shape index (κ2) is 8.75. The van der Waals surface area contributed by atoms with Crippen LogP contribution in [-0.4, -0.2) is 38.3 Å². The number of para-hydroxylation sites is 1. The fourth-order valence-corrected chi connectivity index (χ4v) is 4.84. The van der Waals surface area contributed by atoms with Crippen molar-refractivity contribution in [3.63, 3.8) is 0 Å². The van der Waals surface area contributed by atoms with E-state index in [1.54, 1.807) is 29.4 Å². The number of anilines is 1. The number of rotatable bonds is 6. The summed E-state index contributed by atoms with van der Waals surface area (Å²) >= 11 is 0. The van der Waals surface area contributed by atoms with Crippen LogP contribution in [-0.2, 0) is 14.8 Å². The number of nitrogens with one attached hydrogen (secondary N) is 1. The molecule has 150 valence electrons. The van der Waals surface area contributed by atoms with Crippen LogP contribution in [0.4, 0.5) is 5.69 Å². The number of hydrogen-bond donors (Lipinski definition) is 1. The van der Waals surface area contributed by atoms with Gasteiger partial charge >= 0.3 is 0 Å². The normalized spacial score (nSPS) is 15.2. The number of carbonyl (C=O) groups is 1. The summed E-state index contributed by atoms with van der Waals surface area (Å²) in [6.07, 6.45) is 2.87. The maximum absolute atomic E-state index is 12.8. The molecule has 28 heavy (non-hydrogen) atoms. The van der Waals surface area contributed by atoms with E-state index < -0.39 is 10.0 Å². The van der Waals surface area contributed by atoms with Gasteiger partial charge in [0.25, 0.3) is 5.91 Å². The van der Waals surface area contributed by atoms with Crippen molar-refractivity contribution in [1.82, 2.24) is 4.31 Å². The highest BCUT2D eigenvalue weighted by Crippen LogP contribution is 2.26. The lowest BCUT2D eigenvalue weighted by atomic mass is 10.2. The van der Waals surface area contributed by atoms with Crippen LogP contribution in [0, 0.1) is 13.8 Å². The summed E-state index contributed by atoms with van der Waals surface area (Å²) in [5.74, 6) is 0.233. The molecule has 0 spiro atoms. The summed E-state index contributed by atoms with van der Waals surface area (Å²) in [6.45, 7) is 4.69. The first kappa shape index (κ1) is 20.4. The number of amides is 1. The molecule has 7 heteroatoms. The van der Waals surface area contributed by atoms with Crippen molar-refractivity contribution in [1.29, 1.82) is 0 Å². The monoisotopic (exact) mass is 402 g/mol. The van der Waals surface area contributed by atoms with E-state index in [0.717, 1.165) is 30.5 Å². The van der Waals surface area contributed by atoms with Crippen molar-refractivity contribution >= 4 is 21.6 Å². The lowest BCUT2D eigenvalue weighted by molar-refractivity contribution is -0.118. The molecule has 2 aromatic carbocycles. The van der Waals surface area contributed by atoms with Gasteiger partial charge in [0.05, 0.1) is 4.90 Å². The maximum Gasteiger partial charge on any atom is 0.262 e. The molecule has 1 heterocycles. The molecular formula is C21H26N2O4S. The zero-order valence-electron chi connectivity index (χ0n) is 16.3. The Labute approximate surface area is 166 Å². The third kappa shape index (κ3) is 4.72. The minimum atomic E-state index is -3.48. The van der Waals surface area contributed by atoms with Gasteiger partial charge in [-0.2, -0.15) is 4.31 Å². The first-order chi connectivity index (χ1) is 13.4. The Bertz CT molecular complexity index is 951. The number of nitrogens with zero attached hydrogens (tertiary/aromatic N) is 1. The summed E-state index contributed by atoms with van der Waals surface area (Å²) in [4.78, 5) is 12.4. The number of piperidine rings is 1. The van der Waals surface area contributed by atoms with Gasteiger partial charge in [0.2, 0.25) is 10.0 Å². The van der Waals surface area contributed by atoms with Crippen molar-refractivity contribution < 1.29 is 17.9 Å². The molecular weight excluding hydrogens is 376 g/mol. The van der Waals surface area contributed by atoms with E-state index in [-0.39, 0.29) is 17.4 Å². The van der Waals surface area contributed by atoms with Crippen LogP contribution in [0.3, 0.4) is 0 Å². The second-order valence-electron chi connectivity index (χ2n) is 7.04. The van der Waals surface area contributed by atoms with Crippen LogP contribution in [0.25, 0.3) is 0 Å². The SMILES string of the molecule is Cc1ccccc1NC(=O)COc1ccc(S(=O)(=O)N2CCCCC2)cc1C. The number of ether oxygens (including phenoxy) is 1. The Morgan fingerprint density at radius 2 is 1.75 bits per heavy atom. The topological polar surface area (TPSA) is 75.7 Å². The molecule has 1 aliphatic heterocycles. The molecule has 0 saturated carbocycles. The smallest absolute Gasteiger partial charge is 0.262 e. The third-order valence-electron chi connectivity index (χ3n) is 4.88. The number of carbonyl (C=O) groups excluding carboxylic acids is 1. The lowest BCUT2D eigenvalue weighted by Crippen LogP contribution is -2.35. The standard InChI is InChI=1S/C21H26N2O4S/c1-16-8-4-5-9-19(16)22-21(24)15-27-20-11-10-18(14-17(20)2)28(25,26)23-12-6-3-7-13-23/h4-5,8-11,14H,3,6-7,12-13,15H2,1-2H3,(H,22,24). The van der Waals surface area contributed by atoms with Crippen LogP contribution >= 0.6 is 0 Å². The summed E-state index contributed by atoms with van der Waals surface area (Å²) in [7, 11) is -3.48. The van der Waals surface area contributed by atoms with Crippen LogP contribution in [0.5, 0.6) is 5.75 Å². The van der Waals surface area contributed by atoms with Gasteiger partial charge in [-0.3, -0.25) is 4.79 Å². The van der Waals surface area contributed by atoms with Crippen LogP contribution in [0.2, 0.25) is 0 Å². The Hall–Kier alpha value is -2.38. The zero-order valence-corrected chi connectivity index (χ0v) is 17.1. The molecule has 6 nitrogen and oxygen atoms in total. The molecule has 0 aliphatic carbocycles. The molecule has 0 atom stereocenters. The highest BCUT2D eigenvalue weighted by molar-refractivity contribution is 7.89. The van der Waals surface area contributed by atoms with Crippen molar-refractivity contribution in [2.24, 2.45) is 0 Å². The van der Waals surface area contributed by atoms with Crippen molar-refractivity contribution in [2.75, 3.05) is 25.0 Å². The quantitative estimate of drug-likeness (QED) is 0.802. The number of aryl methyl sites for hydroxylation is 2. The summed E-state index contributed by atoms with van der Waals surface area (Å²) in [5, 5.41) is 2.81. The van der Waals surface area contributed by atoms with Gasteiger partial charge in [-0.25, -0.2) is 8.42 Å². The lowest BCUT2D eigenvalue weighted by Gasteiger charge is -2.26. The van der Waals surface area contributed by atoms with E-state index in [1.165, 1.54) is 0 Å². The molecule has 0 unspecified atom stereocenters. The fraction of sp³-hybridized carbons (Fsp3) is 0.381. The molecule has 1 N–H and O–H groups in total. The van der Waals surface area contributed by atoms with E-state index in [4.69, 9.17) is 4.74 Å². The summed E-state index contributed by atoms with van der Waals surface area (Å²) < 4.78 is 32.7. The molecule has 0 aromatic heterocycles. The third-order valence-corrected chi connectivity index (χ3v) is 6.77. The average molecular weight is 403 g/mol. The van der Waals surface area contributed by atoms with E-state index >= 15 is 0 Å². The van der Waals surface area contributed by atoms with E-state index in [0.29, 0.717) is 24.4 Å². The van der Waals surface area contributed by atoms with Crippen LogP contribution < -0.4 is 10.1 Å². The van der Waals surface area contributed by atoms with Gasteiger partial charge in [-0.05, 0) is 62.1 Å². The van der Waals surface area contributed by atoms with E-state index in [1.807, 2.05) is 31.2 Å². The summed E-state index contributed by atoms with van der Waals surface area (Å²) in [5.41, 5.74) is 2.40. The Morgan fingerprint density at radius 1 is 1.04 bits per heavy atom. The van der Waals surface area contributed by atoms with Crippen molar-refractivity contribution in [3.05, 3.63) is 53.6 Å². The summed E-state index contributed by atoms with van der Waals surface area (Å²) in [6, 6.07) is 12.3. The molecule has 1 amide bonds. The molecule has 2 aromatic rings. The molecule has 0 radical (unpaired) electrons. The second-order valence-corrected chi connectivity index (χ2v) is 8.98. The van der Waals surface area contributed by atoms with Gasteiger partial charge in [-0.1, -0.05) is 24.6 Å². The van der Waals surface area contributed by atoms with E-state index in [9.17, 15) is 13.2 Å². The van der Waals surface area contributed by atoms with Crippen molar-refractivity contribution in [2.45, 2.75) is 38.0 Å². The van der Waals surface area contributed by atoms with Crippen LogP contribution in [0.1, 0.15) is 30.4 Å². The Balaban J connectivity index is 1.64. The highest BCUT2D eigenvalue weighted by atomic mass is 32.2. The predicted octanol–water partition coefficient (Wildman–Crippen LogP) is 3.50. The maximum atomic E-state index is 12.8. The molecule has 1 aliphatic rings. The van der Waals surface area contributed by atoms with Gasteiger partial charge in [0, 0.05) is 18.8 Å². The first-order valence-electron chi connectivity index (χ1n) is 9.47. The number of hydrogen-bond acceptors (Lipinski definition) is 4. The van der Waals surface area contributed by atoms with Crippen LogP contribution in [0.15, 0.2) is 47.4 Å². The minimum Gasteiger partial charge on any atom is -0.483 e. The predicted molar refractivity (Wildman–Crippen MR) is 109 cm³/mol. The first-order valence-corrected chi connectivity index (χ1v) is 10.9. The molecule has 1 saturated heterocycles. The highest BCUT2D eigenvalue weighted by Gasteiger charge is 2.26. The average Bonchev–Trinajstić information content (AvgIpc) is 2.69. The van der Waals surface area contributed by atoms with Crippen molar-refractivity contribution in [3.8, 4) is 5.75 Å². The Kier molecular flexibility index (Phi) is 6.36. The largest absolute Gasteiger partial charge is 0.483 e.